The SMILES string of the molecule is O.O.O=c1c(O)c(-c2ccccc2)oc2c(O)c(O)c(O)c(O)c12. The van der Waals surface area contributed by atoms with Crippen molar-refractivity contribution in [2.45, 2.75) is 0 Å². The van der Waals surface area contributed by atoms with Crippen LogP contribution in [0, 0.1) is 0 Å². The Morgan fingerprint density at radius 2 is 1.25 bits per heavy atom. The van der Waals surface area contributed by atoms with Crippen LogP contribution in [-0.2, 0) is 0 Å². The second-order valence-corrected chi connectivity index (χ2v) is 4.57. The maximum absolute atomic E-state index is 12.2. The van der Waals surface area contributed by atoms with Crippen LogP contribution in [0.15, 0.2) is 39.5 Å². The summed E-state index contributed by atoms with van der Waals surface area (Å²) in [7, 11) is 0. The Morgan fingerprint density at radius 3 is 1.83 bits per heavy atom. The van der Waals surface area contributed by atoms with Crippen LogP contribution < -0.4 is 5.43 Å². The van der Waals surface area contributed by atoms with Gasteiger partial charge in [0.15, 0.2) is 17.1 Å². The van der Waals surface area contributed by atoms with Crippen LogP contribution in [0.4, 0.5) is 0 Å². The number of fused-ring (bicyclic) bond motifs is 1. The molecule has 9 nitrogen and oxygen atoms in total. The molecule has 3 aromatic rings. The molecule has 1 heterocycles. The Bertz CT molecular complexity index is 945. The van der Waals surface area contributed by atoms with Crippen LogP contribution >= 0.6 is 0 Å². The summed E-state index contributed by atoms with van der Waals surface area (Å²) in [5.74, 6) is -5.05. The lowest BCUT2D eigenvalue weighted by Crippen LogP contribution is -2.03. The minimum absolute atomic E-state index is 0. The van der Waals surface area contributed by atoms with E-state index in [0.717, 1.165) is 0 Å². The van der Waals surface area contributed by atoms with E-state index in [1.54, 1.807) is 30.3 Å². The minimum atomic E-state index is -1.08. The van der Waals surface area contributed by atoms with E-state index in [1.807, 2.05) is 0 Å². The van der Waals surface area contributed by atoms with Crippen molar-refractivity contribution in [2.75, 3.05) is 0 Å². The van der Waals surface area contributed by atoms with Crippen molar-refractivity contribution in [3.63, 3.8) is 0 Å². The number of rotatable bonds is 1. The zero-order valence-electron chi connectivity index (χ0n) is 11.9. The summed E-state index contributed by atoms with van der Waals surface area (Å²) in [6.07, 6.45) is 0. The van der Waals surface area contributed by atoms with Gasteiger partial charge in [0.1, 0.15) is 5.39 Å². The predicted molar refractivity (Wildman–Crippen MR) is 83.5 cm³/mol. The lowest BCUT2D eigenvalue weighted by atomic mass is 10.1. The smallest absolute Gasteiger partial charge is 0.239 e. The Kier molecular flexibility index (Phi) is 4.94. The highest BCUT2D eigenvalue weighted by molar-refractivity contribution is 5.95. The highest BCUT2D eigenvalue weighted by Crippen LogP contribution is 2.49. The van der Waals surface area contributed by atoms with E-state index in [9.17, 15) is 30.3 Å². The Balaban J connectivity index is 0.00000144. The van der Waals surface area contributed by atoms with E-state index < -0.39 is 45.1 Å². The zero-order chi connectivity index (χ0) is 16.0. The minimum Gasteiger partial charge on any atom is -0.504 e. The Morgan fingerprint density at radius 1 is 0.708 bits per heavy atom. The van der Waals surface area contributed by atoms with Crippen molar-refractivity contribution in [2.24, 2.45) is 0 Å². The van der Waals surface area contributed by atoms with Gasteiger partial charge in [-0.25, -0.2) is 0 Å². The molecule has 0 aliphatic rings. The fourth-order valence-electron chi connectivity index (χ4n) is 2.14. The number of benzene rings is 2. The average Bonchev–Trinajstić information content (AvgIpc) is 2.54. The largest absolute Gasteiger partial charge is 0.504 e. The molecule has 0 fully saturated rings. The van der Waals surface area contributed by atoms with Crippen molar-refractivity contribution >= 4 is 11.0 Å². The van der Waals surface area contributed by atoms with Gasteiger partial charge in [0.05, 0.1) is 0 Å². The zero-order valence-corrected chi connectivity index (χ0v) is 11.9. The molecular weight excluding hydrogens is 324 g/mol. The van der Waals surface area contributed by atoms with E-state index in [1.165, 1.54) is 0 Å². The molecule has 24 heavy (non-hydrogen) atoms. The van der Waals surface area contributed by atoms with Crippen molar-refractivity contribution in [1.82, 2.24) is 0 Å². The van der Waals surface area contributed by atoms with Gasteiger partial charge in [-0.15, -0.1) is 0 Å². The first-order chi connectivity index (χ1) is 10.4. The van der Waals surface area contributed by atoms with Crippen LogP contribution in [0.1, 0.15) is 0 Å². The third-order valence-electron chi connectivity index (χ3n) is 3.25. The number of phenols is 4. The average molecular weight is 338 g/mol. The normalized spacial score (nSPS) is 10.0. The van der Waals surface area contributed by atoms with Gasteiger partial charge in [-0.2, -0.15) is 0 Å². The molecule has 0 spiro atoms. The second-order valence-electron chi connectivity index (χ2n) is 4.57. The van der Waals surface area contributed by atoms with Gasteiger partial charge in [-0.1, -0.05) is 30.3 Å². The van der Waals surface area contributed by atoms with Crippen molar-refractivity contribution in [3.8, 4) is 40.1 Å². The molecule has 0 saturated carbocycles. The van der Waals surface area contributed by atoms with Crippen LogP contribution in [0.3, 0.4) is 0 Å². The monoisotopic (exact) mass is 338 g/mol. The molecule has 9 heteroatoms. The lowest BCUT2D eigenvalue weighted by Gasteiger charge is -2.10. The van der Waals surface area contributed by atoms with Crippen molar-refractivity contribution in [3.05, 3.63) is 40.6 Å². The van der Waals surface area contributed by atoms with Crippen molar-refractivity contribution < 1.29 is 40.9 Å². The number of phenolic OH excluding ortho intramolecular Hbond substituents is 4. The molecule has 0 amide bonds. The van der Waals surface area contributed by atoms with Gasteiger partial charge in [0.2, 0.25) is 28.4 Å². The third kappa shape index (κ3) is 2.43. The van der Waals surface area contributed by atoms with E-state index >= 15 is 0 Å². The molecule has 128 valence electrons. The lowest BCUT2D eigenvalue weighted by molar-refractivity contribution is 0.345. The molecule has 0 bridgehead atoms. The molecule has 1 aromatic heterocycles. The number of hydrogen-bond donors (Lipinski definition) is 5. The molecule has 0 atom stereocenters. The second kappa shape index (κ2) is 6.36. The van der Waals surface area contributed by atoms with Gasteiger partial charge in [-0.3, -0.25) is 4.79 Å². The fourth-order valence-corrected chi connectivity index (χ4v) is 2.14. The number of hydrogen-bond acceptors (Lipinski definition) is 7. The van der Waals surface area contributed by atoms with Crippen LogP contribution in [0.5, 0.6) is 28.7 Å². The van der Waals surface area contributed by atoms with Crippen LogP contribution in [-0.4, -0.2) is 36.5 Å². The highest BCUT2D eigenvalue weighted by atomic mass is 16.4. The Labute approximate surface area is 133 Å². The fraction of sp³-hybridized carbons (Fsp3) is 0. The topological polar surface area (TPSA) is 194 Å². The summed E-state index contributed by atoms with van der Waals surface area (Å²) in [6, 6.07) is 8.12. The summed E-state index contributed by atoms with van der Waals surface area (Å²) in [5, 5.41) is 47.9. The molecule has 0 radical (unpaired) electrons. The quantitative estimate of drug-likeness (QED) is 0.311. The van der Waals surface area contributed by atoms with E-state index in [4.69, 9.17) is 4.42 Å². The molecule has 9 N–H and O–H groups in total. The maximum atomic E-state index is 12.2. The first-order valence-electron chi connectivity index (χ1n) is 6.14. The molecule has 0 saturated heterocycles. The summed E-state index contributed by atoms with van der Waals surface area (Å²) in [5.41, 5.74) is -1.25. The van der Waals surface area contributed by atoms with Crippen LogP contribution in [0.25, 0.3) is 22.3 Å². The van der Waals surface area contributed by atoms with E-state index in [0.29, 0.717) is 5.56 Å². The third-order valence-corrected chi connectivity index (χ3v) is 3.25. The van der Waals surface area contributed by atoms with Gasteiger partial charge >= 0.3 is 0 Å². The summed E-state index contributed by atoms with van der Waals surface area (Å²) < 4.78 is 5.28. The molecule has 3 rings (SSSR count). The predicted octanol–water partition coefficient (Wildman–Crippen LogP) is 0.339. The van der Waals surface area contributed by atoms with Gasteiger partial charge in [0, 0.05) is 5.56 Å². The number of aromatic hydroxyl groups is 5. The van der Waals surface area contributed by atoms with Gasteiger partial charge < -0.3 is 40.9 Å². The first-order valence-corrected chi connectivity index (χ1v) is 6.14. The highest BCUT2D eigenvalue weighted by Gasteiger charge is 2.26. The molecular formula is C15H14O9. The standard InChI is InChI=1S/C15H10O7.2H2O/c16-8-7-9(17)12(20)14(6-4-2-1-3-5-6)22-15(7)13(21)11(19)10(8)18;;/h1-5,16,18-21H;2*1H2. The van der Waals surface area contributed by atoms with Gasteiger partial charge in [-0.05, 0) is 0 Å². The first kappa shape index (κ1) is 18.6. The van der Waals surface area contributed by atoms with E-state index in [-0.39, 0.29) is 16.7 Å². The van der Waals surface area contributed by atoms with Gasteiger partial charge in [0.25, 0.3) is 0 Å². The molecule has 0 aliphatic heterocycles. The molecule has 2 aromatic carbocycles. The van der Waals surface area contributed by atoms with Crippen molar-refractivity contribution in [1.29, 1.82) is 0 Å². The van der Waals surface area contributed by atoms with Crippen LogP contribution in [0.2, 0.25) is 0 Å². The molecule has 0 aliphatic carbocycles. The Hall–Kier alpha value is -3.43. The molecule has 0 unspecified atom stereocenters. The van der Waals surface area contributed by atoms with E-state index in [2.05, 4.69) is 0 Å². The maximum Gasteiger partial charge on any atom is 0.239 e. The summed E-state index contributed by atoms with van der Waals surface area (Å²) >= 11 is 0. The summed E-state index contributed by atoms with van der Waals surface area (Å²) in [6.45, 7) is 0. The summed E-state index contributed by atoms with van der Waals surface area (Å²) in [4.78, 5) is 12.2.